The average Bonchev–Trinajstić information content (AvgIpc) is 3.16. The van der Waals surface area contributed by atoms with Crippen molar-refractivity contribution < 1.29 is 28.7 Å². The third kappa shape index (κ3) is 6.21. The van der Waals surface area contributed by atoms with Crippen molar-refractivity contribution in [2.24, 2.45) is 0 Å². The van der Waals surface area contributed by atoms with E-state index in [9.17, 15) is 19.2 Å². The number of methoxy groups -OCH3 is 1. The summed E-state index contributed by atoms with van der Waals surface area (Å²) in [5.41, 5.74) is 3.48. The lowest BCUT2D eigenvalue weighted by Crippen LogP contribution is -2.38. The molecule has 2 N–H and O–H groups in total. The summed E-state index contributed by atoms with van der Waals surface area (Å²) in [6.07, 6.45) is 1.53. The van der Waals surface area contributed by atoms with Crippen LogP contribution in [0.5, 0.6) is 5.75 Å². The van der Waals surface area contributed by atoms with E-state index in [1.54, 1.807) is 60.7 Å². The molecule has 1 aliphatic rings. The van der Waals surface area contributed by atoms with E-state index in [0.717, 1.165) is 16.0 Å². The second-order valence-electron chi connectivity index (χ2n) is 8.29. The predicted octanol–water partition coefficient (Wildman–Crippen LogP) is 3.89. The molecule has 0 aliphatic carbocycles. The van der Waals surface area contributed by atoms with Crippen LogP contribution in [-0.4, -0.2) is 42.4 Å². The molecule has 1 heterocycles. The Hall–Kier alpha value is -4.92. The highest BCUT2D eigenvalue weighted by molar-refractivity contribution is 6.16. The first-order valence-electron chi connectivity index (χ1n) is 11.4. The molecule has 1 saturated heterocycles. The van der Waals surface area contributed by atoms with Crippen LogP contribution in [0.15, 0.2) is 78.5 Å². The monoisotopic (exact) mass is 499 g/mol. The third-order valence-corrected chi connectivity index (χ3v) is 5.63. The molecular weight excluding hydrogens is 474 g/mol. The van der Waals surface area contributed by atoms with Gasteiger partial charge in [0, 0.05) is 5.69 Å². The van der Waals surface area contributed by atoms with E-state index < -0.39 is 30.4 Å². The Morgan fingerprint density at radius 1 is 1.00 bits per heavy atom. The number of esters is 1. The SMILES string of the molecule is COC(=O)c1ccc(COc2cccc(C=C3NC(=O)N(CC(=O)Nc4ccccc4C)C3=O)c2)cc1. The highest BCUT2D eigenvalue weighted by atomic mass is 16.5. The number of rotatable bonds is 8. The number of urea groups is 1. The maximum absolute atomic E-state index is 12.8. The van der Waals surface area contributed by atoms with Crippen molar-refractivity contribution in [1.82, 2.24) is 10.2 Å². The van der Waals surface area contributed by atoms with Crippen molar-refractivity contribution >= 4 is 35.6 Å². The van der Waals surface area contributed by atoms with E-state index in [-0.39, 0.29) is 12.3 Å². The fourth-order valence-electron chi connectivity index (χ4n) is 3.64. The molecule has 9 nitrogen and oxygen atoms in total. The molecule has 0 atom stereocenters. The van der Waals surface area contributed by atoms with Crippen LogP contribution in [0.3, 0.4) is 0 Å². The average molecular weight is 500 g/mol. The van der Waals surface area contributed by atoms with Gasteiger partial charge in [0.2, 0.25) is 5.91 Å². The Bertz CT molecular complexity index is 1380. The Kier molecular flexibility index (Phi) is 7.63. The van der Waals surface area contributed by atoms with Crippen LogP contribution in [0.2, 0.25) is 0 Å². The van der Waals surface area contributed by atoms with Gasteiger partial charge in [-0.3, -0.25) is 9.59 Å². The molecule has 0 bridgehead atoms. The smallest absolute Gasteiger partial charge is 0.337 e. The van der Waals surface area contributed by atoms with Gasteiger partial charge in [-0.2, -0.15) is 0 Å². The number of amides is 4. The number of hydrogen-bond acceptors (Lipinski definition) is 6. The lowest BCUT2D eigenvalue weighted by molar-refractivity contribution is -0.127. The molecule has 9 heteroatoms. The van der Waals surface area contributed by atoms with Gasteiger partial charge in [-0.05, 0) is 60.0 Å². The summed E-state index contributed by atoms with van der Waals surface area (Å²) in [5.74, 6) is -0.930. The Labute approximate surface area is 213 Å². The fourth-order valence-corrected chi connectivity index (χ4v) is 3.64. The molecule has 1 fully saturated rings. The number of nitrogens with one attached hydrogen (secondary N) is 2. The molecule has 0 aromatic heterocycles. The van der Waals surface area contributed by atoms with E-state index in [2.05, 4.69) is 10.6 Å². The molecule has 4 amide bonds. The van der Waals surface area contributed by atoms with Crippen LogP contribution in [0.25, 0.3) is 6.08 Å². The van der Waals surface area contributed by atoms with Crippen LogP contribution >= 0.6 is 0 Å². The first-order chi connectivity index (χ1) is 17.8. The number of para-hydroxylation sites is 1. The standard InChI is InChI=1S/C28H25N3O6/c1-18-6-3-4-9-23(18)29-25(32)16-31-26(33)24(30-28(31)35)15-20-7-5-8-22(14-20)37-17-19-10-12-21(13-11-19)27(34)36-2/h3-15H,16-17H2,1-2H3,(H,29,32)(H,30,35). The maximum atomic E-state index is 12.8. The molecule has 0 unspecified atom stereocenters. The van der Waals surface area contributed by atoms with E-state index in [1.807, 2.05) is 19.1 Å². The summed E-state index contributed by atoms with van der Waals surface area (Å²) in [4.78, 5) is 50.0. The van der Waals surface area contributed by atoms with E-state index >= 15 is 0 Å². The first kappa shape index (κ1) is 25.2. The Balaban J connectivity index is 1.38. The zero-order valence-corrected chi connectivity index (χ0v) is 20.3. The molecule has 37 heavy (non-hydrogen) atoms. The Morgan fingerprint density at radius 2 is 1.76 bits per heavy atom. The number of imide groups is 1. The molecular formula is C28H25N3O6. The van der Waals surface area contributed by atoms with Crippen molar-refractivity contribution in [3.8, 4) is 5.75 Å². The summed E-state index contributed by atoms with van der Waals surface area (Å²) in [6, 6.07) is 20.4. The van der Waals surface area contributed by atoms with Crippen molar-refractivity contribution in [3.63, 3.8) is 0 Å². The zero-order valence-electron chi connectivity index (χ0n) is 20.3. The van der Waals surface area contributed by atoms with Gasteiger partial charge in [0.15, 0.2) is 0 Å². The summed E-state index contributed by atoms with van der Waals surface area (Å²) in [7, 11) is 1.33. The van der Waals surface area contributed by atoms with Gasteiger partial charge in [0.05, 0.1) is 12.7 Å². The number of nitrogens with zero attached hydrogens (tertiary/aromatic N) is 1. The summed E-state index contributed by atoms with van der Waals surface area (Å²) < 4.78 is 10.5. The number of ether oxygens (including phenoxy) is 2. The van der Waals surface area contributed by atoms with Gasteiger partial charge in [0.1, 0.15) is 24.6 Å². The van der Waals surface area contributed by atoms with Crippen LogP contribution < -0.4 is 15.4 Å². The molecule has 3 aromatic rings. The molecule has 0 spiro atoms. The molecule has 1 aliphatic heterocycles. The van der Waals surface area contributed by atoms with Gasteiger partial charge < -0.3 is 20.1 Å². The van der Waals surface area contributed by atoms with Crippen LogP contribution in [0.1, 0.15) is 27.0 Å². The third-order valence-electron chi connectivity index (χ3n) is 5.63. The minimum absolute atomic E-state index is 0.0595. The topological polar surface area (TPSA) is 114 Å². The number of anilines is 1. The van der Waals surface area contributed by atoms with Crippen molar-refractivity contribution in [1.29, 1.82) is 0 Å². The van der Waals surface area contributed by atoms with Gasteiger partial charge in [-0.25, -0.2) is 14.5 Å². The predicted molar refractivity (Wildman–Crippen MR) is 137 cm³/mol. The largest absolute Gasteiger partial charge is 0.489 e. The minimum Gasteiger partial charge on any atom is -0.489 e. The van der Waals surface area contributed by atoms with E-state index in [1.165, 1.54) is 13.2 Å². The highest BCUT2D eigenvalue weighted by Gasteiger charge is 2.35. The maximum Gasteiger partial charge on any atom is 0.337 e. The number of hydrogen-bond donors (Lipinski definition) is 2. The fraction of sp³-hybridized carbons (Fsp3) is 0.143. The second-order valence-corrected chi connectivity index (χ2v) is 8.29. The minimum atomic E-state index is -0.668. The number of carbonyl (C=O) groups is 4. The van der Waals surface area contributed by atoms with Crippen LogP contribution in [-0.2, 0) is 20.9 Å². The van der Waals surface area contributed by atoms with Gasteiger partial charge >= 0.3 is 12.0 Å². The number of benzene rings is 3. The summed E-state index contributed by atoms with van der Waals surface area (Å²) in [5, 5.41) is 5.24. The van der Waals surface area contributed by atoms with E-state index in [0.29, 0.717) is 22.6 Å². The van der Waals surface area contributed by atoms with Crippen molar-refractivity contribution in [2.45, 2.75) is 13.5 Å². The highest BCUT2D eigenvalue weighted by Crippen LogP contribution is 2.20. The second kappa shape index (κ2) is 11.2. The quantitative estimate of drug-likeness (QED) is 0.276. The molecule has 188 valence electrons. The lowest BCUT2D eigenvalue weighted by Gasteiger charge is -2.13. The number of carbonyl (C=O) groups excluding carboxylic acids is 4. The van der Waals surface area contributed by atoms with E-state index in [4.69, 9.17) is 9.47 Å². The van der Waals surface area contributed by atoms with Crippen molar-refractivity contribution in [3.05, 3.63) is 101 Å². The Morgan fingerprint density at radius 3 is 2.49 bits per heavy atom. The van der Waals surface area contributed by atoms with Crippen LogP contribution in [0.4, 0.5) is 10.5 Å². The van der Waals surface area contributed by atoms with Gasteiger partial charge in [-0.15, -0.1) is 0 Å². The molecule has 0 radical (unpaired) electrons. The lowest BCUT2D eigenvalue weighted by atomic mass is 10.1. The first-order valence-corrected chi connectivity index (χ1v) is 11.4. The molecule has 3 aromatic carbocycles. The van der Waals surface area contributed by atoms with Gasteiger partial charge in [0.25, 0.3) is 5.91 Å². The zero-order chi connectivity index (χ0) is 26.4. The van der Waals surface area contributed by atoms with Crippen molar-refractivity contribution in [2.75, 3.05) is 19.0 Å². The van der Waals surface area contributed by atoms with Crippen LogP contribution in [0, 0.1) is 6.92 Å². The van der Waals surface area contributed by atoms with Gasteiger partial charge in [-0.1, -0.05) is 42.5 Å². The molecule has 4 rings (SSSR count). The number of aryl methyl sites for hydroxylation is 1. The molecule has 0 saturated carbocycles. The summed E-state index contributed by atoms with van der Waals surface area (Å²) in [6.45, 7) is 1.71. The summed E-state index contributed by atoms with van der Waals surface area (Å²) >= 11 is 0. The normalized spacial score (nSPS) is 13.9.